The number of halogens is 3. The molecule has 1 atom stereocenters. The fraction of sp³-hybridized carbons (Fsp3) is 0.0588. The van der Waals surface area contributed by atoms with Gasteiger partial charge in [0.1, 0.15) is 5.70 Å². The molecule has 0 bridgehead atoms. The third-order valence-corrected chi connectivity index (χ3v) is 9.40. The molecule has 3 amide bonds. The average Bonchev–Trinajstić information content (AvgIpc) is 3.52. The fourth-order valence-corrected chi connectivity index (χ4v) is 6.26. The maximum atomic E-state index is 13.5. The van der Waals surface area contributed by atoms with Crippen LogP contribution in [0.15, 0.2) is 113 Å². The summed E-state index contributed by atoms with van der Waals surface area (Å²) >= 11 is 21.2. The van der Waals surface area contributed by atoms with Crippen LogP contribution >= 0.6 is 57.9 Å². The van der Waals surface area contributed by atoms with Crippen LogP contribution < -0.4 is 16.0 Å². The molecular formula is C34H25Cl3N4O3S2. The van der Waals surface area contributed by atoms with Crippen LogP contribution in [0.5, 0.6) is 0 Å². The summed E-state index contributed by atoms with van der Waals surface area (Å²) in [4.78, 5) is 44.7. The van der Waals surface area contributed by atoms with Crippen molar-refractivity contribution in [1.82, 2.24) is 10.3 Å². The zero-order chi connectivity index (χ0) is 32.6. The number of nitrogens with one attached hydrogen (secondary N) is 3. The van der Waals surface area contributed by atoms with Gasteiger partial charge in [-0.05, 0) is 67.1 Å². The lowest BCUT2D eigenvalue weighted by Crippen LogP contribution is -2.30. The van der Waals surface area contributed by atoms with Crippen molar-refractivity contribution in [2.45, 2.75) is 17.1 Å². The Morgan fingerprint density at radius 1 is 0.870 bits per heavy atom. The number of hydrogen-bond acceptors (Lipinski definition) is 6. The van der Waals surface area contributed by atoms with Gasteiger partial charge in [-0.15, -0.1) is 23.1 Å². The van der Waals surface area contributed by atoms with E-state index in [0.29, 0.717) is 32.0 Å². The molecule has 4 aromatic carbocycles. The Bertz CT molecular complexity index is 1910. The molecule has 46 heavy (non-hydrogen) atoms. The van der Waals surface area contributed by atoms with Crippen molar-refractivity contribution in [2.24, 2.45) is 0 Å². The van der Waals surface area contributed by atoms with E-state index < -0.39 is 17.1 Å². The molecule has 0 fully saturated rings. The molecule has 1 unspecified atom stereocenters. The van der Waals surface area contributed by atoms with E-state index in [1.54, 1.807) is 85.8 Å². The van der Waals surface area contributed by atoms with Gasteiger partial charge in [0.15, 0.2) is 5.13 Å². The molecule has 3 N–H and O–H groups in total. The van der Waals surface area contributed by atoms with Gasteiger partial charge in [-0.2, -0.15) is 0 Å². The Labute approximate surface area is 289 Å². The number of anilines is 2. The van der Waals surface area contributed by atoms with Crippen LogP contribution in [-0.2, 0) is 9.59 Å². The molecule has 0 radical (unpaired) electrons. The van der Waals surface area contributed by atoms with E-state index in [1.807, 2.05) is 23.6 Å². The first-order chi connectivity index (χ1) is 22.2. The van der Waals surface area contributed by atoms with Gasteiger partial charge in [-0.3, -0.25) is 14.4 Å². The van der Waals surface area contributed by atoms with Crippen LogP contribution in [-0.4, -0.2) is 28.0 Å². The maximum absolute atomic E-state index is 13.5. The lowest BCUT2D eigenvalue weighted by Gasteiger charge is -2.14. The molecule has 1 heterocycles. The summed E-state index contributed by atoms with van der Waals surface area (Å²) in [5, 5.41) is 11.5. The fourth-order valence-electron chi connectivity index (χ4n) is 4.12. The summed E-state index contributed by atoms with van der Waals surface area (Å²) in [5.41, 5.74) is 2.90. The van der Waals surface area contributed by atoms with Gasteiger partial charge in [0, 0.05) is 32.1 Å². The molecule has 0 aliphatic carbocycles. The van der Waals surface area contributed by atoms with E-state index in [9.17, 15) is 14.4 Å². The second kappa shape index (κ2) is 15.4. The number of hydrogen-bond donors (Lipinski definition) is 3. The number of thiazole rings is 1. The van der Waals surface area contributed by atoms with Gasteiger partial charge < -0.3 is 16.0 Å². The Morgan fingerprint density at radius 2 is 1.61 bits per heavy atom. The highest BCUT2D eigenvalue weighted by Crippen LogP contribution is 2.30. The summed E-state index contributed by atoms with van der Waals surface area (Å²) in [7, 11) is 0. The quantitative estimate of drug-likeness (QED) is 0.0993. The summed E-state index contributed by atoms with van der Waals surface area (Å²) in [6.07, 6.45) is 1.46. The van der Waals surface area contributed by atoms with Crippen molar-refractivity contribution in [3.8, 4) is 11.3 Å². The Kier molecular flexibility index (Phi) is 11.2. The highest BCUT2D eigenvalue weighted by Gasteiger charge is 2.19. The lowest BCUT2D eigenvalue weighted by atomic mass is 10.1. The third-order valence-electron chi connectivity index (χ3n) is 6.46. The van der Waals surface area contributed by atoms with Gasteiger partial charge in [0.25, 0.3) is 11.8 Å². The number of rotatable bonds is 10. The minimum Gasteiger partial charge on any atom is -0.321 e. The van der Waals surface area contributed by atoms with Crippen molar-refractivity contribution in [1.29, 1.82) is 0 Å². The van der Waals surface area contributed by atoms with Gasteiger partial charge >= 0.3 is 0 Å². The molecule has 0 saturated carbocycles. The van der Waals surface area contributed by atoms with Gasteiger partial charge in [-0.1, -0.05) is 83.3 Å². The molecule has 5 aromatic rings. The molecule has 232 valence electrons. The van der Waals surface area contributed by atoms with Crippen LogP contribution in [0, 0.1) is 0 Å². The predicted octanol–water partition coefficient (Wildman–Crippen LogP) is 9.30. The maximum Gasteiger partial charge on any atom is 0.272 e. The van der Waals surface area contributed by atoms with E-state index in [4.69, 9.17) is 34.8 Å². The SMILES string of the molecule is CC(Sc1cccc(NC(=O)/C(=C\c2cccc(Cl)c2Cl)NC(=O)c2ccccc2)c1)C(=O)Nc1nc(-c2ccc(Cl)cc2)cs1. The molecule has 0 saturated heterocycles. The highest BCUT2D eigenvalue weighted by molar-refractivity contribution is 8.00. The number of thioether (sulfide) groups is 1. The second-order valence-corrected chi connectivity index (χ2v) is 13.3. The minimum atomic E-state index is -0.575. The van der Waals surface area contributed by atoms with Gasteiger partial charge in [0.05, 0.1) is 21.0 Å². The summed E-state index contributed by atoms with van der Waals surface area (Å²) < 4.78 is 0. The molecule has 0 aliphatic rings. The van der Waals surface area contributed by atoms with Crippen LogP contribution in [0.2, 0.25) is 15.1 Å². The van der Waals surface area contributed by atoms with E-state index in [2.05, 4.69) is 20.9 Å². The molecular weight excluding hydrogens is 683 g/mol. The predicted molar refractivity (Wildman–Crippen MR) is 190 cm³/mol. The van der Waals surface area contributed by atoms with E-state index in [1.165, 1.54) is 29.2 Å². The van der Waals surface area contributed by atoms with Gasteiger partial charge in [-0.25, -0.2) is 4.98 Å². The van der Waals surface area contributed by atoms with Crippen LogP contribution in [0.25, 0.3) is 17.3 Å². The molecule has 0 aliphatic heterocycles. The molecule has 12 heteroatoms. The van der Waals surface area contributed by atoms with Gasteiger partial charge in [0.2, 0.25) is 5.91 Å². The van der Waals surface area contributed by atoms with Crippen molar-refractivity contribution in [2.75, 3.05) is 10.6 Å². The number of aromatic nitrogens is 1. The smallest absolute Gasteiger partial charge is 0.272 e. The normalized spacial score (nSPS) is 11.9. The Balaban J connectivity index is 1.27. The standard InChI is InChI=1S/C34H25Cl3N4O3S2/c1-20(31(42)41-34-40-29(19-45-34)21-13-15-24(35)16-14-21)46-26-11-6-10-25(18-26)38-33(44)28(17-23-9-5-12-27(36)30(23)37)39-32(43)22-7-3-2-4-8-22/h2-20H,1H3,(H,38,44)(H,39,43)(H,40,41,42)/b28-17+. The Morgan fingerprint density at radius 3 is 2.37 bits per heavy atom. The number of amides is 3. The van der Waals surface area contributed by atoms with Crippen molar-refractivity contribution in [3.05, 3.63) is 134 Å². The number of nitrogens with zero attached hydrogens (tertiary/aromatic N) is 1. The summed E-state index contributed by atoms with van der Waals surface area (Å²) in [5.74, 6) is -1.26. The van der Waals surface area contributed by atoms with Crippen LogP contribution in [0.1, 0.15) is 22.8 Å². The average molecular weight is 708 g/mol. The molecule has 7 nitrogen and oxygen atoms in total. The first-order valence-electron chi connectivity index (χ1n) is 13.8. The molecule has 0 spiro atoms. The zero-order valence-corrected chi connectivity index (χ0v) is 28.0. The number of carbonyl (C=O) groups is 3. The first-order valence-corrected chi connectivity index (χ1v) is 16.7. The van der Waals surface area contributed by atoms with E-state index >= 15 is 0 Å². The summed E-state index contributed by atoms with van der Waals surface area (Å²) in [6, 6.07) is 27.9. The van der Waals surface area contributed by atoms with Crippen molar-refractivity contribution in [3.63, 3.8) is 0 Å². The van der Waals surface area contributed by atoms with Crippen molar-refractivity contribution < 1.29 is 14.4 Å². The number of carbonyl (C=O) groups excluding carboxylic acids is 3. The monoisotopic (exact) mass is 706 g/mol. The zero-order valence-electron chi connectivity index (χ0n) is 24.1. The minimum absolute atomic E-state index is 0.0368. The highest BCUT2D eigenvalue weighted by atomic mass is 35.5. The van der Waals surface area contributed by atoms with Crippen LogP contribution in [0.4, 0.5) is 10.8 Å². The van der Waals surface area contributed by atoms with E-state index in [0.717, 1.165) is 16.2 Å². The molecule has 1 aromatic heterocycles. The summed E-state index contributed by atoms with van der Waals surface area (Å²) in [6.45, 7) is 1.79. The Hall–Kier alpha value is -4.12. The topological polar surface area (TPSA) is 100 Å². The lowest BCUT2D eigenvalue weighted by molar-refractivity contribution is -0.115. The van der Waals surface area contributed by atoms with Crippen LogP contribution in [0.3, 0.4) is 0 Å². The first kappa shape index (κ1) is 33.2. The number of benzene rings is 4. The van der Waals surface area contributed by atoms with Crippen molar-refractivity contribution >= 4 is 92.5 Å². The second-order valence-electron chi connectivity index (χ2n) is 9.80. The largest absolute Gasteiger partial charge is 0.321 e. The third kappa shape index (κ3) is 8.78. The molecule has 5 rings (SSSR count). The van der Waals surface area contributed by atoms with E-state index in [-0.39, 0.29) is 16.6 Å².